The van der Waals surface area contributed by atoms with Gasteiger partial charge in [-0.3, -0.25) is 0 Å². The number of rotatable bonds is 3. The first kappa shape index (κ1) is 15.8. The van der Waals surface area contributed by atoms with E-state index in [1.54, 1.807) is 0 Å². The molecule has 2 heterocycles. The predicted molar refractivity (Wildman–Crippen MR) is 87.5 cm³/mol. The Morgan fingerprint density at radius 1 is 1.05 bits per heavy atom. The molecule has 4 nitrogen and oxygen atoms in total. The Morgan fingerprint density at radius 3 is 2.32 bits per heavy atom. The zero-order valence-electron chi connectivity index (χ0n) is 14.1. The maximum absolute atomic E-state index is 6.05. The molecule has 1 aromatic heterocycles. The largest absolute Gasteiger partial charge is 0.514 e. The van der Waals surface area contributed by atoms with E-state index in [9.17, 15) is 0 Å². The minimum atomic E-state index is -0.431. The second-order valence-corrected chi connectivity index (χ2v) is 7.37. The lowest BCUT2D eigenvalue weighted by Gasteiger charge is -2.32. The molecule has 1 saturated carbocycles. The molecule has 3 rings (SSSR count). The van der Waals surface area contributed by atoms with Crippen LogP contribution in [0.15, 0.2) is 18.2 Å². The van der Waals surface area contributed by atoms with Crippen molar-refractivity contribution in [1.82, 2.24) is 4.98 Å². The van der Waals surface area contributed by atoms with Crippen molar-refractivity contribution in [3.63, 3.8) is 0 Å². The molecule has 1 aromatic rings. The summed E-state index contributed by atoms with van der Waals surface area (Å²) in [5.41, 5.74) is 0.0889. The summed E-state index contributed by atoms with van der Waals surface area (Å²) in [7, 11) is -0.431. The molecule has 0 spiro atoms. The van der Waals surface area contributed by atoms with Gasteiger partial charge in [-0.1, -0.05) is 12.5 Å². The van der Waals surface area contributed by atoms with Gasteiger partial charge < -0.3 is 14.0 Å². The van der Waals surface area contributed by atoms with Crippen LogP contribution in [0, 0.1) is 0 Å². The molecular weight excluding hydrogens is 277 g/mol. The van der Waals surface area contributed by atoms with E-state index >= 15 is 0 Å². The first-order valence-corrected chi connectivity index (χ1v) is 8.37. The topological polar surface area (TPSA) is 40.6 Å². The van der Waals surface area contributed by atoms with Crippen LogP contribution in [0.25, 0.3) is 0 Å². The highest BCUT2D eigenvalue weighted by atomic mass is 16.7. The highest BCUT2D eigenvalue weighted by molar-refractivity contribution is 6.61. The fraction of sp³-hybridized carbons (Fsp3) is 0.706. The van der Waals surface area contributed by atoms with Crippen LogP contribution in [0.5, 0.6) is 5.88 Å². The second-order valence-electron chi connectivity index (χ2n) is 7.37. The zero-order chi connectivity index (χ0) is 15.8. The molecule has 2 fully saturated rings. The van der Waals surface area contributed by atoms with Crippen LogP contribution < -0.4 is 10.3 Å². The van der Waals surface area contributed by atoms with Gasteiger partial charge in [0.25, 0.3) is 0 Å². The fourth-order valence-corrected chi connectivity index (χ4v) is 2.95. The third-order valence-corrected chi connectivity index (χ3v) is 5.08. The Kier molecular flexibility index (Phi) is 4.21. The maximum atomic E-state index is 6.05. The molecule has 22 heavy (non-hydrogen) atoms. The minimum absolute atomic E-state index is 0.301. The van der Waals surface area contributed by atoms with Gasteiger partial charge >= 0.3 is 7.12 Å². The zero-order valence-corrected chi connectivity index (χ0v) is 14.1. The predicted octanol–water partition coefficient (Wildman–Crippen LogP) is 3.09. The van der Waals surface area contributed by atoms with E-state index in [0.717, 1.165) is 18.4 Å². The van der Waals surface area contributed by atoms with Gasteiger partial charge in [0.05, 0.1) is 16.8 Å². The van der Waals surface area contributed by atoms with E-state index in [2.05, 4.69) is 32.7 Å². The summed E-state index contributed by atoms with van der Waals surface area (Å²) in [4.78, 5) is 4.61. The standard InChI is InChI=1S/C17H26BNO3/c1-16(2)17(3,4)22-18(21-16)14-11-8-12-15(19-14)20-13-9-6-5-7-10-13/h8,11-13H,5-7,9-10H2,1-4H3. The Labute approximate surface area is 133 Å². The summed E-state index contributed by atoms with van der Waals surface area (Å²) in [6.07, 6.45) is 6.38. The number of pyridine rings is 1. The third kappa shape index (κ3) is 3.16. The van der Waals surface area contributed by atoms with Crippen LogP contribution in [0.3, 0.4) is 0 Å². The molecule has 120 valence electrons. The van der Waals surface area contributed by atoms with Gasteiger partial charge in [-0.2, -0.15) is 0 Å². The van der Waals surface area contributed by atoms with Crippen molar-refractivity contribution < 1.29 is 14.0 Å². The average Bonchev–Trinajstić information content (AvgIpc) is 2.69. The average molecular weight is 303 g/mol. The van der Waals surface area contributed by atoms with E-state index in [1.807, 2.05) is 18.2 Å². The molecule has 2 aliphatic rings. The fourth-order valence-electron chi connectivity index (χ4n) is 2.95. The third-order valence-electron chi connectivity index (χ3n) is 5.08. The summed E-state index contributed by atoms with van der Waals surface area (Å²) in [6.45, 7) is 8.20. The first-order valence-electron chi connectivity index (χ1n) is 8.37. The van der Waals surface area contributed by atoms with Crippen LogP contribution >= 0.6 is 0 Å². The first-order chi connectivity index (χ1) is 10.4. The van der Waals surface area contributed by atoms with Gasteiger partial charge in [-0.05, 0) is 59.4 Å². The summed E-state index contributed by atoms with van der Waals surface area (Å²) >= 11 is 0. The Hall–Kier alpha value is -1.07. The molecule has 1 saturated heterocycles. The number of hydrogen-bond donors (Lipinski definition) is 0. The van der Waals surface area contributed by atoms with Gasteiger partial charge in [-0.25, -0.2) is 4.98 Å². The van der Waals surface area contributed by atoms with Crippen LogP contribution in [-0.2, 0) is 9.31 Å². The number of nitrogens with zero attached hydrogens (tertiary/aromatic N) is 1. The van der Waals surface area contributed by atoms with Gasteiger partial charge in [0.2, 0.25) is 5.88 Å². The molecule has 0 radical (unpaired) electrons. The Morgan fingerprint density at radius 2 is 1.68 bits per heavy atom. The van der Waals surface area contributed by atoms with Crippen molar-refractivity contribution >= 4 is 12.7 Å². The van der Waals surface area contributed by atoms with Crippen molar-refractivity contribution in [3.05, 3.63) is 18.2 Å². The number of ether oxygens (including phenoxy) is 1. The van der Waals surface area contributed by atoms with Gasteiger partial charge in [0, 0.05) is 6.07 Å². The van der Waals surface area contributed by atoms with Crippen LogP contribution in [-0.4, -0.2) is 29.4 Å². The SMILES string of the molecule is CC1(C)OB(c2cccc(OC3CCCCC3)n2)OC1(C)C. The van der Waals surface area contributed by atoms with E-state index in [4.69, 9.17) is 14.0 Å². The van der Waals surface area contributed by atoms with Crippen molar-refractivity contribution in [1.29, 1.82) is 0 Å². The number of hydrogen-bond acceptors (Lipinski definition) is 4. The van der Waals surface area contributed by atoms with Crippen LogP contribution in [0.1, 0.15) is 59.8 Å². The highest BCUT2D eigenvalue weighted by Crippen LogP contribution is 2.36. The van der Waals surface area contributed by atoms with Crippen molar-refractivity contribution in [2.75, 3.05) is 0 Å². The molecule has 0 aromatic carbocycles. The molecule has 0 atom stereocenters. The molecule has 0 bridgehead atoms. The Balaban J connectivity index is 1.72. The van der Waals surface area contributed by atoms with E-state index < -0.39 is 7.12 Å². The minimum Gasteiger partial charge on any atom is -0.474 e. The highest BCUT2D eigenvalue weighted by Gasteiger charge is 2.52. The van der Waals surface area contributed by atoms with Crippen molar-refractivity contribution in [2.45, 2.75) is 77.1 Å². The molecule has 0 N–H and O–H groups in total. The van der Waals surface area contributed by atoms with E-state index in [-0.39, 0.29) is 11.2 Å². The lowest BCUT2D eigenvalue weighted by atomic mass is 9.84. The number of aromatic nitrogens is 1. The quantitative estimate of drug-likeness (QED) is 0.805. The molecule has 1 aliphatic heterocycles. The van der Waals surface area contributed by atoms with E-state index in [0.29, 0.717) is 12.0 Å². The van der Waals surface area contributed by atoms with Gasteiger partial charge in [-0.15, -0.1) is 0 Å². The summed E-state index contributed by atoms with van der Waals surface area (Å²) in [6, 6.07) is 5.82. The summed E-state index contributed by atoms with van der Waals surface area (Å²) < 4.78 is 18.1. The summed E-state index contributed by atoms with van der Waals surface area (Å²) in [5, 5.41) is 0. The maximum Gasteiger partial charge on any atom is 0.514 e. The summed E-state index contributed by atoms with van der Waals surface area (Å²) in [5.74, 6) is 0.680. The molecule has 1 aliphatic carbocycles. The lowest BCUT2D eigenvalue weighted by Crippen LogP contribution is -2.41. The van der Waals surface area contributed by atoms with Crippen LogP contribution in [0.4, 0.5) is 0 Å². The van der Waals surface area contributed by atoms with E-state index in [1.165, 1.54) is 19.3 Å². The van der Waals surface area contributed by atoms with Crippen molar-refractivity contribution in [2.24, 2.45) is 0 Å². The molecular formula is C17H26BNO3. The Bertz CT molecular complexity index is 510. The normalized spacial score (nSPS) is 24.5. The van der Waals surface area contributed by atoms with Gasteiger partial charge in [0.1, 0.15) is 6.10 Å². The molecule has 5 heteroatoms. The smallest absolute Gasteiger partial charge is 0.474 e. The molecule has 0 unspecified atom stereocenters. The molecule has 0 amide bonds. The van der Waals surface area contributed by atoms with Crippen molar-refractivity contribution in [3.8, 4) is 5.88 Å². The van der Waals surface area contributed by atoms with Crippen LogP contribution in [0.2, 0.25) is 0 Å². The monoisotopic (exact) mass is 303 g/mol. The van der Waals surface area contributed by atoms with Gasteiger partial charge in [0.15, 0.2) is 0 Å². The lowest BCUT2D eigenvalue weighted by molar-refractivity contribution is 0.00578. The second kappa shape index (κ2) is 5.86.